The summed E-state index contributed by atoms with van der Waals surface area (Å²) in [6, 6.07) is 3.14. The first kappa shape index (κ1) is 14.7. The summed E-state index contributed by atoms with van der Waals surface area (Å²) in [5, 5.41) is 4.81. The van der Waals surface area contributed by atoms with Gasteiger partial charge in [-0.2, -0.15) is 0 Å². The molecule has 2 N–H and O–H groups in total. The van der Waals surface area contributed by atoms with E-state index in [-0.39, 0.29) is 56.4 Å². The van der Waals surface area contributed by atoms with Crippen LogP contribution in [0.25, 0.3) is 0 Å². The standard InChI is InChI=1S/C8H12N2O2S.K.H/c1-6(2)7-3-4-8(10-5-7)13(9,11)12;;/h3-6H,1-2H3,(H2,9,11,12);;. The Morgan fingerprint density at radius 1 is 1.36 bits per heavy atom. The number of hydrogen-bond acceptors (Lipinski definition) is 3. The molecule has 74 valence electrons. The van der Waals surface area contributed by atoms with Crippen molar-refractivity contribution in [3.63, 3.8) is 0 Å². The summed E-state index contributed by atoms with van der Waals surface area (Å²) in [7, 11) is -3.66. The van der Waals surface area contributed by atoms with E-state index in [0.717, 1.165) is 5.56 Å². The van der Waals surface area contributed by atoms with Crippen LogP contribution in [0.3, 0.4) is 0 Å². The molecule has 0 aliphatic rings. The summed E-state index contributed by atoms with van der Waals surface area (Å²) in [6.07, 6.45) is 1.53. The Morgan fingerprint density at radius 3 is 2.21 bits per heavy atom. The number of aromatic nitrogens is 1. The van der Waals surface area contributed by atoms with Crippen molar-refractivity contribution in [3.05, 3.63) is 23.9 Å². The molecule has 0 fully saturated rings. The van der Waals surface area contributed by atoms with E-state index in [2.05, 4.69) is 4.98 Å². The second kappa shape index (κ2) is 5.69. The third-order valence-electron chi connectivity index (χ3n) is 1.72. The SMILES string of the molecule is CC(C)c1ccc(S(N)(=O)=O)nc1.[KH]. The maximum atomic E-state index is 10.8. The number of nitrogens with zero attached hydrogens (tertiary/aromatic N) is 1. The zero-order valence-corrected chi connectivity index (χ0v) is 8.38. The van der Waals surface area contributed by atoms with Gasteiger partial charge in [-0.1, -0.05) is 19.9 Å². The molecule has 4 nitrogen and oxygen atoms in total. The Balaban J connectivity index is 0.00000169. The van der Waals surface area contributed by atoms with E-state index in [9.17, 15) is 8.42 Å². The zero-order valence-electron chi connectivity index (χ0n) is 7.56. The van der Waals surface area contributed by atoms with Crippen LogP contribution < -0.4 is 5.14 Å². The van der Waals surface area contributed by atoms with Gasteiger partial charge in [-0.25, -0.2) is 18.5 Å². The molecule has 0 aliphatic heterocycles. The van der Waals surface area contributed by atoms with Crippen molar-refractivity contribution >= 4 is 61.4 Å². The minimum atomic E-state index is -3.66. The van der Waals surface area contributed by atoms with E-state index in [1.165, 1.54) is 12.3 Å². The Kier molecular flexibility index (Phi) is 5.97. The van der Waals surface area contributed by atoms with Gasteiger partial charge in [-0.3, -0.25) is 0 Å². The third kappa shape index (κ3) is 4.06. The molecule has 0 aliphatic carbocycles. The van der Waals surface area contributed by atoms with Crippen LogP contribution in [-0.4, -0.2) is 64.8 Å². The van der Waals surface area contributed by atoms with Gasteiger partial charge >= 0.3 is 51.4 Å². The average Bonchev–Trinajstić information content (AvgIpc) is 2.03. The van der Waals surface area contributed by atoms with Gasteiger partial charge in [0.1, 0.15) is 0 Å². The first-order valence-corrected chi connectivity index (χ1v) is 5.44. The first-order chi connectivity index (χ1) is 5.91. The summed E-state index contributed by atoms with van der Waals surface area (Å²) in [5.41, 5.74) is 0.993. The molecule has 1 rings (SSSR count). The van der Waals surface area contributed by atoms with Crippen molar-refractivity contribution in [2.75, 3.05) is 0 Å². The molecule has 0 unspecified atom stereocenters. The van der Waals surface area contributed by atoms with Crippen LogP contribution in [0.5, 0.6) is 0 Å². The Bertz CT molecular complexity index is 386. The van der Waals surface area contributed by atoms with Crippen molar-refractivity contribution in [1.82, 2.24) is 4.98 Å². The van der Waals surface area contributed by atoms with Crippen molar-refractivity contribution in [1.29, 1.82) is 0 Å². The molecule has 0 atom stereocenters. The van der Waals surface area contributed by atoms with Gasteiger partial charge in [0.15, 0.2) is 5.03 Å². The molecule has 1 aromatic heterocycles. The molecule has 0 spiro atoms. The number of primary sulfonamides is 1. The van der Waals surface area contributed by atoms with Crippen LogP contribution in [0.1, 0.15) is 25.3 Å². The molecule has 6 heteroatoms. The summed E-state index contributed by atoms with van der Waals surface area (Å²) >= 11 is 0. The van der Waals surface area contributed by atoms with Gasteiger partial charge < -0.3 is 0 Å². The Labute approximate surface area is 127 Å². The molecule has 0 saturated carbocycles. The molecular weight excluding hydrogens is 227 g/mol. The maximum absolute atomic E-state index is 10.8. The molecule has 0 aromatic carbocycles. The molecule has 0 radical (unpaired) electrons. The minimum absolute atomic E-state index is 0. The Hall–Kier alpha value is 0.696. The zero-order chi connectivity index (χ0) is 10.1. The summed E-state index contributed by atoms with van der Waals surface area (Å²) in [6.45, 7) is 4.02. The fraction of sp³-hybridized carbons (Fsp3) is 0.375. The van der Waals surface area contributed by atoms with Crippen molar-refractivity contribution in [2.24, 2.45) is 5.14 Å². The van der Waals surface area contributed by atoms with Gasteiger partial charge in [-0.15, -0.1) is 0 Å². The van der Waals surface area contributed by atoms with Crippen molar-refractivity contribution in [3.8, 4) is 0 Å². The first-order valence-electron chi connectivity index (χ1n) is 3.90. The number of nitrogens with two attached hydrogens (primary N) is 1. The van der Waals surface area contributed by atoms with Crippen LogP contribution >= 0.6 is 0 Å². The van der Waals surface area contributed by atoms with E-state index < -0.39 is 10.0 Å². The Morgan fingerprint density at radius 2 is 1.93 bits per heavy atom. The summed E-state index contributed by atoms with van der Waals surface area (Å²) < 4.78 is 21.7. The monoisotopic (exact) mass is 240 g/mol. The second-order valence-electron chi connectivity index (χ2n) is 3.13. The normalized spacial score (nSPS) is 11.1. The number of pyridine rings is 1. The predicted molar refractivity (Wildman–Crippen MR) is 56.8 cm³/mol. The van der Waals surface area contributed by atoms with Crippen molar-refractivity contribution in [2.45, 2.75) is 24.8 Å². The van der Waals surface area contributed by atoms with Crippen LogP contribution in [0.15, 0.2) is 23.4 Å². The van der Waals surface area contributed by atoms with E-state index in [0.29, 0.717) is 5.92 Å². The van der Waals surface area contributed by atoms with E-state index in [1.807, 2.05) is 13.8 Å². The van der Waals surface area contributed by atoms with Gasteiger partial charge in [0.05, 0.1) is 0 Å². The number of rotatable bonds is 2. The number of hydrogen-bond donors (Lipinski definition) is 1. The van der Waals surface area contributed by atoms with E-state index >= 15 is 0 Å². The molecule has 0 bridgehead atoms. The third-order valence-corrected chi connectivity index (χ3v) is 2.54. The molecule has 0 saturated heterocycles. The van der Waals surface area contributed by atoms with Crippen LogP contribution in [0.2, 0.25) is 0 Å². The number of sulfonamides is 1. The van der Waals surface area contributed by atoms with Gasteiger partial charge in [0.2, 0.25) is 0 Å². The van der Waals surface area contributed by atoms with Crippen LogP contribution in [0, 0.1) is 0 Å². The van der Waals surface area contributed by atoms with Gasteiger partial charge in [0, 0.05) is 6.20 Å². The molecule has 14 heavy (non-hydrogen) atoms. The fourth-order valence-corrected chi connectivity index (χ4v) is 1.36. The molecule has 0 amide bonds. The average molecular weight is 240 g/mol. The van der Waals surface area contributed by atoms with E-state index in [4.69, 9.17) is 5.14 Å². The summed E-state index contributed by atoms with van der Waals surface area (Å²) in [4.78, 5) is 3.76. The van der Waals surface area contributed by atoms with Crippen LogP contribution in [-0.2, 0) is 10.0 Å². The topological polar surface area (TPSA) is 73.1 Å². The van der Waals surface area contributed by atoms with E-state index in [1.54, 1.807) is 6.07 Å². The summed E-state index contributed by atoms with van der Waals surface area (Å²) in [5.74, 6) is 0.335. The van der Waals surface area contributed by atoms with Gasteiger partial charge in [0.25, 0.3) is 10.0 Å². The van der Waals surface area contributed by atoms with Crippen molar-refractivity contribution < 1.29 is 8.42 Å². The second-order valence-corrected chi connectivity index (χ2v) is 4.64. The predicted octanol–water partition coefficient (Wildman–Crippen LogP) is 0.204. The molecule has 1 aromatic rings. The van der Waals surface area contributed by atoms with Crippen LogP contribution in [0.4, 0.5) is 0 Å². The van der Waals surface area contributed by atoms with Gasteiger partial charge in [-0.05, 0) is 17.5 Å². The fourth-order valence-electron chi connectivity index (χ4n) is 0.902. The molecular formula is C8H13KN2O2S. The molecule has 1 heterocycles. The quantitative estimate of drug-likeness (QED) is 0.751.